The van der Waals surface area contributed by atoms with E-state index in [1.807, 2.05) is 0 Å². The molecule has 116 valence electrons. The van der Waals surface area contributed by atoms with Crippen LogP contribution in [0.4, 0.5) is 4.79 Å². The molecule has 0 aromatic heterocycles. The zero-order valence-corrected chi connectivity index (χ0v) is 12.0. The van der Waals surface area contributed by atoms with Crippen LogP contribution in [0.15, 0.2) is 0 Å². The second kappa shape index (κ2) is 8.76. The van der Waals surface area contributed by atoms with Crippen LogP contribution in [0.5, 0.6) is 0 Å². The zero-order chi connectivity index (χ0) is 15.0. The summed E-state index contributed by atoms with van der Waals surface area (Å²) >= 11 is 0. The second-order valence-electron chi connectivity index (χ2n) is 5.21. The molecule has 1 heterocycles. The van der Waals surface area contributed by atoms with Crippen molar-refractivity contribution in [2.75, 3.05) is 26.2 Å². The molecule has 1 saturated heterocycles. The van der Waals surface area contributed by atoms with Crippen LogP contribution in [0.3, 0.4) is 0 Å². The van der Waals surface area contributed by atoms with E-state index in [1.54, 1.807) is 0 Å². The van der Waals surface area contributed by atoms with Gasteiger partial charge in [0, 0.05) is 19.1 Å². The predicted octanol–water partition coefficient (Wildman–Crippen LogP) is -0.00440. The Balaban J connectivity index is 2.14. The van der Waals surface area contributed by atoms with E-state index < -0.39 is 24.6 Å². The van der Waals surface area contributed by atoms with Crippen molar-refractivity contribution in [3.8, 4) is 0 Å². The Labute approximate surface area is 119 Å². The summed E-state index contributed by atoms with van der Waals surface area (Å²) in [7, 11) is 0. The number of piperidine rings is 1. The van der Waals surface area contributed by atoms with Gasteiger partial charge in [-0.3, -0.25) is 0 Å². The van der Waals surface area contributed by atoms with Gasteiger partial charge in [0.2, 0.25) is 0 Å². The molecule has 7 heteroatoms. The smallest absolute Gasteiger partial charge is 0.328 e. The minimum Gasteiger partial charge on any atom is -0.480 e. The number of amides is 2. The predicted molar refractivity (Wildman–Crippen MR) is 74.5 cm³/mol. The van der Waals surface area contributed by atoms with Crippen LogP contribution in [0.1, 0.15) is 32.6 Å². The molecule has 1 aliphatic heterocycles. The number of carbonyl (C=O) groups is 2. The van der Waals surface area contributed by atoms with E-state index in [2.05, 4.69) is 22.5 Å². The molecular formula is C13H25N3O4. The number of nitrogens with zero attached hydrogens (tertiary/aromatic N) is 1. The Kier molecular flexibility index (Phi) is 7.32. The van der Waals surface area contributed by atoms with Crippen LogP contribution < -0.4 is 10.6 Å². The minimum atomic E-state index is -1.25. The molecule has 0 aromatic carbocycles. The van der Waals surface area contributed by atoms with Gasteiger partial charge in [-0.05, 0) is 32.7 Å². The fraction of sp³-hybridized carbons (Fsp3) is 0.846. The highest BCUT2D eigenvalue weighted by Crippen LogP contribution is 2.15. The molecule has 0 spiro atoms. The molecule has 1 aliphatic rings. The number of aliphatic carboxylic acids is 1. The molecule has 2 atom stereocenters. The summed E-state index contributed by atoms with van der Waals surface area (Å²) in [6.07, 6.45) is 4.57. The second-order valence-corrected chi connectivity index (χ2v) is 5.21. The minimum absolute atomic E-state index is 0.493. The number of aliphatic hydroxyl groups excluding tert-OH is 1. The number of urea groups is 1. The van der Waals surface area contributed by atoms with Gasteiger partial charge in [0.1, 0.15) is 0 Å². The highest BCUT2D eigenvalue weighted by molar-refractivity contribution is 5.82. The highest BCUT2D eigenvalue weighted by Gasteiger charge is 2.19. The van der Waals surface area contributed by atoms with Crippen molar-refractivity contribution in [1.29, 1.82) is 0 Å². The SMILES string of the molecule is CC1CCCCN1CCCNC(=O)N[C@H](CO)C(=O)O. The van der Waals surface area contributed by atoms with E-state index in [0.717, 1.165) is 19.5 Å². The summed E-state index contributed by atoms with van der Waals surface area (Å²) in [4.78, 5) is 24.5. The zero-order valence-electron chi connectivity index (χ0n) is 12.0. The van der Waals surface area contributed by atoms with Gasteiger partial charge in [0.15, 0.2) is 6.04 Å². The lowest BCUT2D eigenvalue weighted by Gasteiger charge is -2.33. The molecule has 1 rings (SSSR count). The summed E-state index contributed by atoms with van der Waals surface area (Å²) in [6.45, 7) is 4.14. The van der Waals surface area contributed by atoms with E-state index >= 15 is 0 Å². The van der Waals surface area contributed by atoms with Gasteiger partial charge >= 0.3 is 12.0 Å². The van der Waals surface area contributed by atoms with Crippen LogP contribution in [0.2, 0.25) is 0 Å². The van der Waals surface area contributed by atoms with E-state index in [4.69, 9.17) is 10.2 Å². The molecule has 1 unspecified atom stereocenters. The van der Waals surface area contributed by atoms with Gasteiger partial charge in [0.05, 0.1) is 6.61 Å². The summed E-state index contributed by atoms with van der Waals surface area (Å²) < 4.78 is 0. The number of carbonyl (C=O) groups excluding carboxylic acids is 1. The Hall–Kier alpha value is -1.34. The highest BCUT2D eigenvalue weighted by atomic mass is 16.4. The third kappa shape index (κ3) is 5.75. The van der Waals surface area contributed by atoms with Gasteiger partial charge in [-0.25, -0.2) is 9.59 Å². The van der Waals surface area contributed by atoms with Gasteiger partial charge in [-0.2, -0.15) is 0 Å². The first-order chi connectivity index (χ1) is 9.54. The number of hydrogen-bond donors (Lipinski definition) is 4. The van der Waals surface area contributed by atoms with Crippen molar-refractivity contribution >= 4 is 12.0 Å². The van der Waals surface area contributed by atoms with Crippen LogP contribution in [0, 0.1) is 0 Å². The number of carboxylic acid groups (broad SMARTS) is 1. The first-order valence-corrected chi connectivity index (χ1v) is 7.16. The third-order valence-electron chi connectivity index (χ3n) is 3.63. The maximum Gasteiger partial charge on any atom is 0.328 e. The molecule has 2 amide bonds. The molecule has 1 fully saturated rings. The van der Waals surface area contributed by atoms with E-state index in [9.17, 15) is 9.59 Å². The summed E-state index contributed by atoms with van der Waals surface area (Å²) in [5.74, 6) is -1.25. The number of aliphatic hydroxyl groups is 1. The van der Waals surface area contributed by atoms with Crippen molar-refractivity contribution in [3.63, 3.8) is 0 Å². The molecule has 0 radical (unpaired) electrons. The largest absolute Gasteiger partial charge is 0.480 e. The summed E-state index contributed by atoms with van der Waals surface area (Å²) in [5, 5.41) is 22.3. The molecule has 4 N–H and O–H groups in total. The monoisotopic (exact) mass is 287 g/mol. The van der Waals surface area contributed by atoms with Crippen LogP contribution in [-0.2, 0) is 4.79 Å². The fourth-order valence-corrected chi connectivity index (χ4v) is 2.37. The molecule has 0 bridgehead atoms. The number of hydrogen-bond acceptors (Lipinski definition) is 4. The summed E-state index contributed by atoms with van der Waals surface area (Å²) in [6, 6.07) is -1.21. The Morgan fingerprint density at radius 2 is 2.15 bits per heavy atom. The van der Waals surface area contributed by atoms with Crippen molar-refractivity contribution in [3.05, 3.63) is 0 Å². The van der Waals surface area contributed by atoms with E-state index in [0.29, 0.717) is 12.6 Å². The Morgan fingerprint density at radius 3 is 2.75 bits per heavy atom. The molecule has 20 heavy (non-hydrogen) atoms. The van der Waals surface area contributed by atoms with E-state index in [1.165, 1.54) is 19.3 Å². The fourth-order valence-electron chi connectivity index (χ4n) is 2.37. The quantitative estimate of drug-likeness (QED) is 0.494. The maximum atomic E-state index is 11.4. The van der Waals surface area contributed by atoms with Crippen molar-refractivity contribution in [2.45, 2.75) is 44.7 Å². The van der Waals surface area contributed by atoms with Crippen LogP contribution in [-0.4, -0.2) is 65.4 Å². The number of likely N-dealkylation sites (tertiary alicyclic amines) is 1. The van der Waals surface area contributed by atoms with E-state index in [-0.39, 0.29) is 0 Å². The van der Waals surface area contributed by atoms with Crippen molar-refractivity contribution < 1.29 is 19.8 Å². The van der Waals surface area contributed by atoms with Gasteiger partial charge in [-0.1, -0.05) is 6.42 Å². The van der Waals surface area contributed by atoms with Gasteiger partial charge in [-0.15, -0.1) is 0 Å². The average Bonchev–Trinajstić information content (AvgIpc) is 2.42. The lowest BCUT2D eigenvalue weighted by molar-refractivity contribution is -0.140. The first-order valence-electron chi connectivity index (χ1n) is 7.16. The lowest BCUT2D eigenvalue weighted by atomic mass is 10.0. The Morgan fingerprint density at radius 1 is 1.40 bits per heavy atom. The lowest BCUT2D eigenvalue weighted by Crippen LogP contribution is -2.48. The van der Waals surface area contributed by atoms with Crippen LogP contribution >= 0.6 is 0 Å². The molecule has 0 aliphatic carbocycles. The Bertz CT molecular complexity index is 325. The number of rotatable bonds is 7. The topological polar surface area (TPSA) is 102 Å². The molecule has 0 aromatic rings. The molecular weight excluding hydrogens is 262 g/mol. The summed E-state index contributed by atoms with van der Waals surface area (Å²) in [5.41, 5.74) is 0. The number of carboxylic acids is 1. The molecule has 7 nitrogen and oxygen atoms in total. The standard InChI is InChI=1S/C13H25N3O4/c1-10-5-2-3-7-16(10)8-4-6-14-13(20)15-11(9-17)12(18)19/h10-11,17H,2-9H2,1H3,(H,18,19)(H2,14,15,20)/t10?,11-/m1/s1. The van der Waals surface area contributed by atoms with Crippen molar-refractivity contribution in [1.82, 2.24) is 15.5 Å². The van der Waals surface area contributed by atoms with Gasteiger partial charge in [0.25, 0.3) is 0 Å². The van der Waals surface area contributed by atoms with Crippen LogP contribution in [0.25, 0.3) is 0 Å². The normalized spacial score (nSPS) is 21.2. The molecule has 0 saturated carbocycles. The number of nitrogens with one attached hydrogen (secondary N) is 2. The maximum absolute atomic E-state index is 11.4. The first kappa shape index (κ1) is 16.7. The van der Waals surface area contributed by atoms with Gasteiger partial charge < -0.3 is 25.7 Å². The third-order valence-corrected chi connectivity index (χ3v) is 3.63. The average molecular weight is 287 g/mol. The van der Waals surface area contributed by atoms with Crippen molar-refractivity contribution in [2.24, 2.45) is 0 Å².